The molecule has 0 bridgehead atoms. The number of thiocarbonyl (C=S) groups is 1. The Morgan fingerprint density at radius 1 is 1.18 bits per heavy atom. The summed E-state index contributed by atoms with van der Waals surface area (Å²) in [6.07, 6.45) is 3.10. The van der Waals surface area contributed by atoms with Crippen molar-refractivity contribution < 1.29 is 14.3 Å². The third-order valence-corrected chi connectivity index (χ3v) is 4.02. The van der Waals surface area contributed by atoms with Gasteiger partial charge in [-0.1, -0.05) is 18.2 Å². The molecule has 0 aliphatic carbocycles. The van der Waals surface area contributed by atoms with Crippen LogP contribution in [0.25, 0.3) is 6.08 Å². The summed E-state index contributed by atoms with van der Waals surface area (Å²) in [6, 6.07) is 14.6. The number of nitrogens with zero attached hydrogens (tertiary/aromatic N) is 1. The van der Waals surface area contributed by atoms with E-state index in [4.69, 9.17) is 17.0 Å². The van der Waals surface area contributed by atoms with Crippen LogP contribution in [0, 0.1) is 0 Å². The summed E-state index contributed by atoms with van der Waals surface area (Å²) < 4.78 is 5.38. The van der Waals surface area contributed by atoms with E-state index in [-0.39, 0.29) is 16.9 Å². The van der Waals surface area contributed by atoms with E-state index in [1.165, 1.54) is 17.9 Å². The van der Waals surface area contributed by atoms with Crippen molar-refractivity contribution >= 4 is 46.6 Å². The topological polar surface area (TPSA) is 70.7 Å². The van der Waals surface area contributed by atoms with Gasteiger partial charge in [-0.05, 0) is 61.1 Å². The van der Waals surface area contributed by atoms with Gasteiger partial charge >= 0.3 is 0 Å². The third kappa shape index (κ3) is 6.51. The van der Waals surface area contributed by atoms with Crippen molar-refractivity contribution in [2.24, 2.45) is 0 Å². The first-order valence-electron chi connectivity index (χ1n) is 8.76. The molecule has 6 nitrogen and oxygen atoms in total. The highest BCUT2D eigenvalue weighted by atomic mass is 32.1. The molecule has 2 aromatic carbocycles. The molecule has 0 unspecified atom stereocenters. The molecule has 2 rings (SSSR count). The van der Waals surface area contributed by atoms with E-state index in [2.05, 4.69) is 10.6 Å². The molecule has 0 saturated carbocycles. The lowest BCUT2D eigenvalue weighted by atomic mass is 10.2. The van der Waals surface area contributed by atoms with Crippen molar-refractivity contribution in [1.82, 2.24) is 5.32 Å². The highest BCUT2D eigenvalue weighted by Gasteiger charge is 2.07. The van der Waals surface area contributed by atoms with E-state index in [0.29, 0.717) is 12.3 Å². The van der Waals surface area contributed by atoms with Crippen molar-refractivity contribution in [2.75, 3.05) is 23.9 Å². The summed E-state index contributed by atoms with van der Waals surface area (Å²) in [5, 5.41) is 5.70. The van der Waals surface area contributed by atoms with Gasteiger partial charge in [-0.2, -0.15) is 0 Å². The van der Waals surface area contributed by atoms with Crippen LogP contribution in [0.1, 0.15) is 19.4 Å². The van der Waals surface area contributed by atoms with Crippen LogP contribution in [0.5, 0.6) is 5.75 Å². The number of carbonyl (C=O) groups is 2. The van der Waals surface area contributed by atoms with E-state index in [1.54, 1.807) is 31.3 Å². The largest absolute Gasteiger partial charge is 0.494 e. The van der Waals surface area contributed by atoms with Crippen LogP contribution in [0.2, 0.25) is 0 Å². The summed E-state index contributed by atoms with van der Waals surface area (Å²) in [5.74, 6) is 0.364. The van der Waals surface area contributed by atoms with E-state index < -0.39 is 0 Å². The molecule has 28 heavy (non-hydrogen) atoms. The summed E-state index contributed by atoms with van der Waals surface area (Å²) in [7, 11) is 1.69. The predicted molar refractivity (Wildman–Crippen MR) is 117 cm³/mol. The Hall–Kier alpha value is -3.19. The van der Waals surface area contributed by atoms with E-state index in [0.717, 1.165) is 17.0 Å². The molecular weight excluding hydrogens is 374 g/mol. The van der Waals surface area contributed by atoms with Gasteiger partial charge in [0.1, 0.15) is 5.75 Å². The second kappa shape index (κ2) is 10.2. The van der Waals surface area contributed by atoms with E-state index in [9.17, 15) is 9.59 Å². The van der Waals surface area contributed by atoms with Gasteiger partial charge in [0, 0.05) is 31.4 Å². The highest BCUT2D eigenvalue weighted by molar-refractivity contribution is 7.80. The maximum atomic E-state index is 12.0. The second-order valence-electron chi connectivity index (χ2n) is 5.91. The SMILES string of the molecule is CCOc1ccc(/C=C/C(=O)NC(=S)Nc2cccc(N(C)C(C)=O)c2)cc1. The van der Waals surface area contributed by atoms with Crippen LogP contribution < -0.4 is 20.3 Å². The predicted octanol–water partition coefficient (Wildman–Crippen LogP) is 3.59. The zero-order valence-corrected chi connectivity index (χ0v) is 16.9. The second-order valence-corrected chi connectivity index (χ2v) is 6.32. The fraction of sp³-hybridized carbons (Fsp3) is 0.190. The monoisotopic (exact) mass is 397 g/mol. The van der Waals surface area contributed by atoms with Crippen LogP contribution in [-0.4, -0.2) is 30.6 Å². The minimum absolute atomic E-state index is 0.0764. The smallest absolute Gasteiger partial charge is 0.250 e. The Bertz CT molecular complexity index is 879. The number of rotatable bonds is 6. The molecule has 2 aromatic rings. The molecule has 0 saturated heterocycles. The van der Waals surface area contributed by atoms with Crippen LogP contribution in [0.3, 0.4) is 0 Å². The van der Waals surface area contributed by atoms with Gasteiger partial charge in [0.05, 0.1) is 6.61 Å². The van der Waals surface area contributed by atoms with Crippen molar-refractivity contribution in [3.8, 4) is 5.75 Å². The molecular formula is C21H23N3O3S. The number of amides is 2. The Morgan fingerprint density at radius 3 is 2.54 bits per heavy atom. The van der Waals surface area contributed by atoms with Crippen LogP contribution in [0.4, 0.5) is 11.4 Å². The number of nitrogens with one attached hydrogen (secondary N) is 2. The summed E-state index contributed by atoms with van der Waals surface area (Å²) in [5.41, 5.74) is 2.27. The summed E-state index contributed by atoms with van der Waals surface area (Å²) in [4.78, 5) is 25.0. The molecule has 0 fully saturated rings. The quantitative estimate of drug-likeness (QED) is 0.576. The van der Waals surface area contributed by atoms with Crippen LogP contribution in [-0.2, 0) is 9.59 Å². The van der Waals surface area contributed by atoms with Gasteiger partial charge in [-0.15, -0.1) is 0 Å². The normalized spacial score (nSPS) is 10.4. The van der Waals surface area contributed by atoms with Crippen molar-refractivity contribution in [1.29, 1.82) is 0 Å². The first-order valence-corrected chi connectivity index (χ1v) is 9.17. The van der Waals surface area contributed by atoms with Crippen molar-refractivity contribution in [3.05, 3.63) is 60.2 Å². The Labute approximate surface area is 170 Å². The first kappa shape index (κ1) is 21.1. The summed E-state index contributed by atoms with van der Waals surface area (Å²) >= 11 is 5.18. The Kier molecular flexibility index (Phi) is 7.71. The van der Waals surface area contributed by atoms with E-state index in [1.807, 2.05) is 37.3 Å². The van der Waals surface area contributed by atoms with E-state index >= 15 is 0 Å². The number of carbonyl (C=O) groups excluding carboxylic acids is 2. The molecule has 0 aromatic heterocycles. The molecule has 0 aliphatic heterocycles. The molecule has 0 atom stereocenters. The van der Waals surface area contributed by atoms with Gasteiger partial charge in [0.15, 0.2) is 5.11 Å². The summed E-state index contributed by atoms with van der Waals surface area (Å²) in [6.45, 7) is 4.02. The minimum Gasteiger partial charge on any atom is -0.494 e. The van der Waals surface area contributed by atoms with Gasteiger partial charge < -0.3 is 15.0 Å². The fourth-order valence-electron chi connectivity index (χ4n) is 2.30. The standard InChI is InChI=1S/C21H23N3O3S/c1-4-27-19-11-8-16(9-12-19)10-13-20(26)23-21(28)22-17-6-5-7-18(14-17)24(3)15(2)25/h5-14H,4H2,1-3H3,(H2,22,23,26,28)/b13-10+. The number of ether oxygens (including phenoxy) is 1. The maximum absolute atomic E-state index is 12.0. The van der Waals surface area contributed by atoms with Gasteiger partial charge in [0.2, 0.25) is 11.8 Å². The molecule has 2 amide bonds. The maximum Gasteiger partial charge on any atom is 0.250 e. The molecule has 146 valence electrons. The lowest BCUT2D eigenvalue weighted by Crippen LogP contribution is -2.32. The molecule has 0 radical (unpaired) electrons. The lowest BCUT2D eigenvalue weighted by Gasteiger charge is -2.16. The van der Waals surface area contributed by atoms with Crippen molar-refractivity contribution in [2.45, 2.75) is 13.8 Å². The zero-order valence-electron chi connectivity index (χ0n) is 16.1. The van der Waals surface area contributed by atoms with Crippen molar-refractivity contribution in [3.63, 3.8) is 0 Å². The molecule has 7 heteroatoms. The number of anilines is 2. The average Bonchev–Trinajstić information content (AvgIpc) is 2.67. The Morgan fingerprint density at radius 2 is 1.89 bits per heavy atom. The van der Waals surface area contributed by atoms with Gasteiger partial charge in [-0.3, -0.25) is 14.9 Å². The molecule has 0 heterocycles. The van der Waals surface area contributed by atoms with Crippen LogP contribution >= 0.6 is 12.2 Å². The number of hydrogen-bond donors (Lipinski definition) is 2. The lowest BCUT2D eigenvalue weighted by molar-refractivity contribution is -0.116. The van der Waals surface area contributed by atoms with Crippen LogP contribution in [0.15, 0.2) is 54.6 Å². The zero-order chi connectivity index (χ0) is 20.5. The highest BCUT2D eigenvalue weighted by Crippen LogP contribution is 2.18. The molecule has 0 aliphatic rings. The van der Waals surface area contributed by atoms with Gasteiger partial charge in [-0.25, -0.2) is 0 Å². The fourth-order valence-corrected chi connectivity index (χ4v) is 2.52. The average molecular weight is 398 g/mol. The number of benzene rings is 2. The first-order chi connectivity index (χ1) is 13.4. The van der Waals surface area contributed by atoms with Gasteiger partial charge in [0.25, 0.3) is 0 Å². The third-order valence-electron chi connectivity index (χ3n) is 3.82. The number of hydrogen-bond acceptors (Lipinski definition) is 4. The Balaban J connectivity index is 1.91. The molecule has 2 N–H and O–H groups in total. The molecule has 0 spiro atoms. The minimum atomic E-state index is -0.344.